The van der Waals surface area contributed by atoms with Gasteiger partial charge < -0.3 is 5.32 Å². The molecule has 1 atom stereocenters. The van der Waals surface area contributed by atoms with E-state index in [9.17, 15) is 0 Å². The fourth-order valence-electron chi connectivity index (χ4n) is 1.72. The van der Waals surface area contributed by atoms with E-state index in [2.05, 4.69) is 36.1 Å². The van der Waals surface area contributed by atoms with Gasteiger partial charge in [0.1, 0.15) is 5.01 Å². The summed E-state index contributed by atoms with van der Waals surface area (Å²) in [7, 11) is 0. The molecule has 0 aliphatic rings. The largest absolute Gasteiger partial charge is 0.304 e. The Morgan fingerprint density at radius 3 is 2.89 bits per heavy atom. The van der Waals surface area contributed by atoms with Crippen LogP contribution >= 0.6 is 11.3 Å². The van der Waals surface area contributed by atoms with Crippen LogP contribution < -0.4 is 5.32 Å². The van der Waals surface area contributed by atoms with Crippen LogP contribution in [0.3, 0.4) is 0 Å². The maximum atomic E-state index is 4.46. The molecule has 0 amide bonds. The molecule has 2 aromatic rings. The van der Waals surface area contributed by atoms with Crippen LogP contribution in [0.5, 0.6) is 0 Å². The molecule has 2 rings (SSSR count). The van der Waals surface area contributed by atoms with Crippen LogP contribution in [0.1, 0.15) is 40.9 Å². The van der Waals surface area contributed by atoms with Crippen molar-refractivity contribution >= 4 is 11.3 Å². The first kappa shape index (κ1) is 13.2. The molecule has 0 spiro atoms. The van der Waals surface area contributed by atoms with E-state index in [0.717, 1.165) is 18.0 Å². The van der Waals surface area contributed by atoms with Gasteiger partial charge in [-0.3, -0.25) is 4.98 Å². The molecular weight excluding hydrogens is 242 g/mol. The smallest absolute Gasteiger partial charge is 0.109 e. The van der Waals surface area contributed by atoms with Crippen LogP contribution in [-0.2, 0) is 13.0 Å². The van der Waals surface area contributed by atoms with Gasteiger partial charge in [-0.1, -0.05) is 6.92 Å². The second-order valence-electron chi connectivity index (χ2n) is 4.42. The Morgan fingerprint density at radius 1 is 1.39 bits per heavy atom. The molecule has 1 N–H and O–H groups in total. The van der Waals surface area contributed by atoms with Gasteiger partial charge in [0.05, 0.1) is 6.04 Å². The van der Waals surface area contributed by atoms with E-state index in [1.165, 1.54) is 16.0 Å². The first-order valence-corrected chi connectivity index (χ1v) is 7.09. The minimum absolute atomic E-state index is 0.287. The molecule has 0 aliphatic heterocycles. The van der Waals surface area contributed by atoms with E-state index in [-0.39, 0.29) is 6.04 Å². The van der Waals surface area contributed by atoms with E-state index >= 15 is 0 Å². The normalized spacial score (nSPS) is 12.6. The van der Waals surface area contributed by atoms with Crippen LogP contribution in [-0.4, -0.2) is 9.97 Å². The van der Waals surface area contributed by atoms with Crippen LogP contribution in [0.25, 0.3) is 0 Å². The third-order valence-electron chi connectivity index (χ3n) is 3.04. The van der Waals surface area contributed by atoms with Crippen molar-refractivity contribution in [3.05, 3.63) is 45.7 Å². The average Bonchev–Trinajstić information content (AvgIpc) is 2.86. The molecule has 0 bridgehead atoms. The fraction of sp³-hybridized carbons (Fsp3) is 0.429. The lowest BCUT2D eigenvalue weighted by Gasteiger charge is -2.12. The zero-order valence-corrected chi connectivity index (χ0v) is 11.9. The van der Waals surface area contributed by atoms with Gasteiger partial charge in [0.2, 0.25) is 0 Å². The SMILES string of the molecule is CCc1cnc(C(C)NCc2cnccc2C)s1. The lowest BCUT2D eigenvalue weighted by Crippen LogP contribution is -2.18. The quantitative estimate of drug-likeness (QED) is 0.897. The molecule has 18 heavy (non-hydrogen) atoms. The van der Waals surface area contributed by atoms with E-state index in [1.54, 1.807) is 11.3 Å². The molecule has 2 aromatic heterocycles. The summed E-state index contributed by atoms with van der Waals surface area (Å²) in [5.41, 5.74) is 2.52. The predicted molar refractivity (Wildman–Crippen MR) is 75.7 cm³/mol. The molecule has 1 unspecified atom stereocenters. The highest BCUT2D eigenvalue weighted by molar-refractivity contribution is 7.11. The topological polar surface area (TPSA) is 37.8 Å². The average molecular weight is 261 g/mol. The maximum Gasteiger partial charge on any atom is 0.109 e. The summed E-state index contributed by atoms with van der Waals surface area (Å²) >= 11 is 1.79. The molecule has 4 heteroatoms. The Bertz CT molecular complexity index is 507. The number of aryl methyl sites for hydroxylation is 2. The van der Waals surface area contributed by atoms with Crippen molar-refractivity contribution in [2.75, 3.05) is 0 Å². The Morgan fingerprint density at radius 2 is 2.22 bits per heavy atom. The number of hydrogen-bond donors (Lipinski definition) is 1. The van der Waals surface area contributed by atoms with Gasteiger partial charge in [0, 0.05) is 30.0 Å². The minimum atomic E-state index is 0.287. The fourth-order valence-corrected chi connectivity index (χ4v) is 2.60. The Hall–Kier alpha value is -1.26. The number of rotatable bonds is 5. The summed E-state index contributed by atoms with van der Waals surface area (Å²) in [6.07, 6.45) is 6.80. The number of aromatic nitrogens is 2. The van der Waals surface area contributed by atoms with Gasteiger partial charge >= 0.3 is 0 Å². The van der Waals surface area contributed by atoms with E-state index < -0.39 is 0 Å². The highest BCUT2D eigenvalue weighted by Crippen LogP contribution is 2.20. The molecule has 0 fully saturated rings. The zero-order valence-electron chi connectivity index (χ0n) is 11.1. The monoisotopic (exact) mass is 261 g/mol. The number of pyridine rings is 1. The second kappa shape index (κ2) is 6.07. The number of thiazole rings is 1. The molecule has 2 heterocycles. The maximum absolute atomic E-state index is 4.46. The first-order chi connectivity index (χ1) is 8.70. The molecule has 0 saturated heterocycles. The van der Waals surface area contributed by atoms with Crippen molar-refractivity contribution in [1.82, 2.24) is 15.3 Å². The lowest BCUT2D eigenvalue weighted by atomic mass is 10.1. The van der Waals surface area contributed by atoms with Gasteiger partial charge in [0.15, 0.2) is 0 Å². The third-order valence-corrected chi connectivity index (χ3v) is 4.36. The summed E-state index contributed by atoms with van der Waals surface area (Å²) in [4.78, 5) is 9.97. The van der Waals surface area contributed by atoms with E-state index in [1.807, 2.05) is 24.7 Å². The first-order valence-electron chi connectivity index (χ1n) is 6.28. The second-order valence-corrected chi connectivity index (χ2v) is 5.57. The summed E-state index contributed by atoms with van der Waals surface area (Å²) in [6.45, 7) is 7.27. The highest BCUT2D eigenvalue weighted by atomic mass is 32.1. The van der Waals surface area contributed by atoms with Crippen LogP contribution in [0, 0.1) is 6.92 Å². The van der Waals surface area contributed by atoms with Crippen molar-refractivity contribution in [3.8, 4) is 0 Å². The van der Waals surface area contributed by atoms with Crippen molar-refractivity contribution in [2.45, 2.75) is 39.8 Å². The number of nitrogens with one attached hydrogen (secondary N) is 1. The highest BCUT2D eigenvalue weighted by Gasteiger charge is 2.10. The Balaban J connectivity index is 1.96. The molecule has 0 saturated carbocycles. The third kappa shape index (κ3) is 3.15. The van der Waals surface area contributed by atoms with E-state index in [0.29, 0.717) is 0 Å². The van der Waals surface area contributed by atoms with E-state index in [4.69, 9.17) is 0 Å². The van der Waals surface area contributed by atoms with Gasteiger partial charge in [0.25, 0.3) is 0 Å². The summed E-state index contributed by atoms with van der Waals surface area (Å²) in [6, 6.07) is 2.33. The molecule has 3 nitrogen and oxygen atoms in total. The standard InChI is InChI=1S/C14H19N3S/c1-4-13-9-17-14(18-13)11(3)16-8-12-7-15-6-5-10(12)2/h5-7,9,11,16H,4,8H2,1-3H3. The van der Waals surface area contributed by atoms with Crippen molar-refractivity contribution in [1.29, 1.82) is 0 Å². The Kier molecular flexibility index (Phi) is 4.44. The molecule has 0 aliphatic carbocycles. The van der Waals surface area contributed by atoms with Crippen molar-refractivity contribution < 1.29 is 0 Å². The van der Waals surface area contributed by atoms with Crippen molar-refractivity contribution in [2.24, 2.45) is 0 Å². The van der Waals surface area contributed by atoms with Gasteiger partial charge in [-0.05, 0) is 37.5 Å². The Labute approximate surface area is 112 Å². The molecule has 0 aromatic carbocycles. The number of hydrogen-bond acceptors (Lipinski definition) is 4. The molecule has 0 radical (unpaired) electrons. The summed E-state index contributed by atoms with van der Waals surface area (Å²) < 4.78 is 0. The van der Waals surface area contributed by atoms with Crippen LogP contribution in [0.2, 0.25) is 0 Å². The summed E-state index contributed by atoms with van der Waals surface area (Å²) in [5, 5.41) is 4.66. The van der Waals surface area contributed by atoms with Crippen molar-refractivity contribution in [3.63, 3.8) is 0 Å². The van der Waals surface area contributed by atoms with Gasteiger partial charge in [-0.2, -0.15) is 0 Å². The molecule has 96 valence electrons. The molecular formula is C14H19N3S. The van der Waals surface area contributed by atoms with Crippen LogP contribution in [0.15, 0.2) is 24.7 Å². The van der Waals surface area contributed by atoms with Gasteiger partial charge in [-0.15, -0.1) is 11.3 Å². The number of nitrogens with zero attached hydrogens (tertiary/aromatic N) is 2. The zero-order chi connectivity index (χ0) is 13.0. The predicted octanol–water partition coefficient (Wildman–Crippen LogP) is 3.26. The summed E-state index contributed by atoms with van der Waals surface area (Å²) in [5.74, 6) is 0. The van der Waals surface area contributed by atoms with Gasteiger partial charge in [-0.25, -0.2) is 4.98 Å². The minimum Gasteiger partial charge on any atom is -0.304 e. The lowest BCUT2D eigenvalue weighted by molar-refractivity contribution is 0.569. The van der Waals surface area contributed by atoms with Crippen LogP contribution in [0.4, 0.5) is 0 Å².